The van der Waals surface area contributed by atoms with Crippen molar-refractivity contribution in [2.24, 2.45) is 5.14 Å². The number of nitrogens with two attached hydrogens (primary N) is 1. The van der Waals surface area contributed by atoms with Gasteiger partial charge in [0.25, 0.3) is 0 Å². The van der Waals surface area contributed by atoms with Gasteiger partial charge in [-0.05, 0) is 42.3 Å². The van der Waals surface area contributed by atoms with Crippen molar-refractivity contribution in [1.82, 2.24) is 5.32 Å². The van der Waals surface area contributed by atoms with Gasteiger partial charge in [0.2, 0.25) is 10.0 Å². The monoisotopic (exact) mass is 396 g/mol. The number of ether oxygens (including phenoxy) is 1. The molecule has 0 spiro atoms. The van der Waals surface area contributed by atoms with E-state index in [1.807, 2.05) is 54.6 Å². The first kappa shape index (κ1) is 20.1. The third-order valence-electron chi connectivity index (χ3n) is 4.37. The molecule has 0 aromatic heterocycles. The molecule has 0 amide bonds. The van der Waals surface area contributed by atoms with Crippen LogP contribution in [-0.2, 0) is 29.6 Å². The zero-order chi connectivity index (χ0) is 19.8. The Bertz CT molecular complexity index is 988. The highest BCUT2D eigenvalue weighted by atomic mass is 32.2. The molecule has 0 bridgehead atoms. The molecule has 146 valence electrons. The van der Waals surface area contributed by atoms with E-state index in [9.17, 15) is 8.42 Å². The molecular formula is C22H24N2O3S. The number of nitrogens with one attached hydrogen (secondary N) is 1. The normalized spacial score (nSPS) is 11.3. The SMILES string of the molecule is NS(=O)(=O)c1ccc(CCNCc2ccccc2OCc2ccccc2)cc1. The lowest BCUT2D eigenvalue weighted by atomic mass is 10.1. The molecule has 5 nitrogen and oxygen atoms in total. The number of hydrogen-bond acceptors (Lipinski definition) is 4. The van der Waals surface area contributed by atoms with Crippen molar-refractivity contribution in [3.05, 3.63) is 95.6 Å². The van der Waals surface area contributed by atoms with Gasteiger partial charge in [0.05, 0.1) is 4.90 Å². The van der Waals surface area contributed by atoms with Crippen molar-refractivity contribution in [2.75, 3.05) is 6.54 Å². The van der Waals surface area contributed by atoms with Crippen LogP contribution >= 0.6 is 0 Å². The minimum atomic E-state index is -3.64. The highest BCUT2D eigenvalue weighted by Gasteiger charge is 2.07. The molecular weight excluding hydrogens is 372 g/mol. The van der Waals surface area contributed by atoms with Gasteiger partial charge in [-0.1, -0.05) is 60.7 Å². The number of hydrogen-bond donors (Lipinski definition) is 2. The molecule has 0 atom stereocenters. The van der Waals surface area contributed by atoms with Crippen LogP contribution in [0, 0.1) is 0 Å². The summed E-state index contributed by atoms with van der Waals surface area (Å²) in [4.78, 5) is 0.133. The molecule has 0 saturated carbocycles. The first-order valence-corrected chi connectivity index (χ1v) is 10.6. The Morgan fingerprint density at radius 3 is 2.21 bits per heavy atom. The Morgan fingerprint density at radius 2 is 1.50 bits per heavy atom. The van der Waals surface area contributed by atoms with Crippen molar-refractivity contribution < 1.29 is 13.2 Å². The number of sulfonamides is 1. The molecule has 0 heterocycles. The second kappa shape index (κ2) is 9.50. The summed E-state index contributed by atoms with van der Waals surface area (Å²) in [7, 11) is -3.64. The fourth-order valence-electron chi connectivity index (χ4n) is 2.83. The lowest BCUT2D eigenvalue weighted by Gasteiger charge is -2.12. The first-order chi connectivity index (χ1) is 13.5. The second-order valence-electron chi connectivity index (χ2n) is 6.50. The van der Waals surface area contributed by atoms with Crippen molar-refractivity contribution in [2.45, 2.75) is 24.5 Å². The Labute approximate surface area is 166 Å². The standard InChI is InChI=1S/C22H24N2O3S/c23-28(25,26)21-12-10-18(11-13-21)14-15-24-16-20-8-4-5-9-22(20)27-17-19-6-2-1-3-7-19/h1-13,24H,14-17H2,(H2,23,25,26). The molecule has 28 heavy (non-hydrogen) atoms. The van der Waals surface area contributed by atoms with Crippen LogP contribution in [-0.4, -0.2) is 15.0 Å². The summed E-state index contributed by atoms with van der Waals surface area (Å²) < 4.78 is 28.6. The third kappa shape index (κ3) is 5.92. The maximum absolute atomic E-state index is 11.3. The number of rotatable bonds is 9. The molecule has 0 unspecified atom stereocenters. The molecule has 0 aliphatic rings. The number of primary sulfonamides is 1. The van der Waals surface area contributed by atoms with Gasteiger partial charge in [0.1, 0.15) is 12.4 Å². The summed E-state index contributed by atoms with van der Waals surface area (Å²) in [5.74, 6) is 0.872. The summed E-state index contributed by atoms with van der Waals surface area (Å²) in [6.45, 7) is 2.00. The van der Waals surface area contributed by atoms with Crippen LogP contribution in [0.5, 0.6) is 5.75 Å². The van der Waals surface area contributed by atoms with E-state index in [1.165, 1.54) is 12.1 Å². The Hall–Kier alpha value is -2.67. The molecule has 0 radical (unpaired) electrons. The predicted octanol–water partition coefficient (Wildman–Crippen LogP) is 3.25. The maximum Gasteiger partial charge on any atom is 0.238 e. The van der Waals surface area contributed by atoms with E-state index in [2.05, 4.69) is 5.32 Å². The minimum Gasteiger partial charge on any atom is -0.489 e. The molecule has 3 aromatic rings. The van der Waals surface area contributed by atoms with E-state index < -0.39 is 10.0 Å². The highest BCUT2D eigenvalue weighted by molar-refractivity contribution is 7.89. The van der Waals surface area contributed by atoms with Gasteiger partial charge in [-0.25, -0.2) is 13.6 Å². The zero-order valence-electron chi connectivity index (χ0n) is 15.5. The summed E-state index contributed by atoms with van der Waals surface area (Å²) in [6, 6.07) is 24.7. The topological polar surface area (TPSA) is 81.4 Å². The van der Waals surface area contributed by atoms with E-state index in [0.29, 0.717) is 13.2 Å². The number of benzene rings is 3. The first-order valence-electron chi connectivity index (χ1n) is 9.09. The summed E-state index contributed by atoms with van der Waals surface area (Å²) >= 11 is 0. The van der Waals surface area contributed by atoms with E-state index >= 15 is 0 Å². The van der Waals surface area contributed by atoms with Gasteiger partial charge >= 0.3 is 0 Å². The zero-order valence-corrected chi connectivity index (χ0v) is 16.4. The van der Waals surface area contributed by atoms with Gasteiger partial charge in [-0.2, -0.15) is 0 Å². The Balaban J connectivity index is 1.49. The van der Waals surface area contributed by atoms with Crippen molar-refractivity contribution in [3.63, 3.8) is 0 Å². The van der Waals surface area contributed by atoms with Crippen LogP contribution in [0.1, 0.15) is 16.7 Å². The Kier molecular flexibility index (Phi) is 6.81. The number of para-hydroxylation sites is 1. The highest BCUT2D eigenvalue weighted by Crippen LogP contribution is 2.19. The van der Waals surface area contributed by atoms with Gasteiger partial charge in [-0.3, -0.25) is 0 Å². The minimum absolute atomic E-state index is 0.133. The van der Waals surface area contributed by atoms with E-state index in [-0.39, 0.29) is 4.90 Å². The molecule has 0 fully saturated rings. The smallest absolute Gasteiger partial charge is 0.238 e. The second-order valence-corrected chi connectivity index (χ2v) is 8.06. The average molecular weight is 397 g/mol. The van der Waals surface area contributed by atoms with E-state index in [4.69, 9.17) is 9.88 Å². The molecule has 6 heteroatoms. The predicted molar refractivity (Wildman–Crippen MR) is 110 cm³/mol. The molecule has 0 aliphatic carbocycles. The maximum atomic E-state index is 11.3. The molecule has 3 aromatic carbocycles. The lowest BCUT2D eigenvalue weighted by molar-refractivity contribution is 0.302. The van der Waals surface area contributed by atoms with Crippen LogP contribution in [0.15, 0.2) is 83.8 Å². The fourth-order valence-corrected chi connectivity index (χ4v) is 3.34. The van der Waals surface area contributed by atoms with Crippen molar-refractivity contribution in [3.8, 4) is 5.75 Å². The summed E-state index contributed by atoms with van der Waals surface area (Å²) in [5.41, 5.74) is 3.28. The summed E-state index contributed by atoms with van der Waals surface area (Å²) in [6.07, 6.45) is 0.790. The fraction of sp³-hybridized carbons (Fsp3) is 0.182. The van der Waals surface area contributed by atoms with Crippen LogP contribution in [0.4, 0.5) is 0 Å². The van der Waals surface area contributed by atoms with Gasteiger partial charge in [0.15, 0.2) is 0 Å². The third-order valence-corrected chi connectivity index (χ3v) is 5.30. The average Bonchev–Trinajstić information content (AvgIpc) is 2.71. The van der Waals surface area contributed by atoms with Gasteiger partial charge in [-0.15, -0.1) is 0 Å². The molecule has 3 rings (SSSR count). The van der Waals surface area contributed by atoms with Crippen LogP contribution in [0.2, 0.25) is 0 Å². The van der Waals surface area contributed by atoms with E-state index in [0.717, 1.165) is 35.4 Å². The molecule has 0 saturated heterocycles. The largest absolute Gasteiger partial charge is 0.489 e. The summed E-state index contributed by atoms with van der Waals surface area (Å²) in [5, 5.41) is 8.53. The van der Waals surface area contributed by atoms with Crippen molar-refractivity contribution in [1.29, 1.82) is 0 Å². The Morgan fingerprint density at radius 1 is 0.821 bits per heavy atom. The van der Waals surface area contributed by atoms with Gasteiger partial charge in [0, 0.05) is 12.1 Å². The van der Waals surface area contributed by atoms with Crippen LogP contribution in [0.3, 0.4) is 0 Å². The van der Waals surface area contributed by atoms with Crippen LogP contribution in [0.25, 0.3) is 0 Å². The van der Waals surface area contributed by atoms with Crippen LogP contribution < -0.4 is 15.2 Å². The molecule has 0 aliphatic heterocycles. The van der Waals surface area contributed by atoms with E-state index in [1.54, 1.807) is 12.1 Å². The van der Waals surface area contributed by atoms with Crippen molar-refractivity contribution >= 4 is 10.0 Å². The molecule has 3 N–H and O–H groups in total. The van der Waals surface area contributed by atoms with Gasteiger partial charge < -0.3 is 10.1 Å². The quantitative estimate of drug-likeness (QED) is 0.544. The lowest BCUT2D eigenvalue weighted by Crippen LogP contribution is -2.17.